The molecule has 1 N–H and O–H groups in total. The van der Waals surface area contributed by atoms with Gasteiger partial charge in [0.25, 0.3) is 0 Å². The first-order chi connectivity index (χ1) is 11.3. The van der Waals surface area contributed by atoms with Gasteiger partial charge in [-0.15, -0.1) is 0 Å². The molecule has 1 aliphatic carbocycles. The van der Waals surface area contributed by atoms with Crippen LogP contribution in [0.3, 0.4) is 0 Å². The van der Waals surface area contributed by atoms with Crippen molar-refractivity contribution in [3.8, 4) is 0 Å². The summed E-state index contributed by atoms with van der Waals surface area (Å²) in [5, 5.41) is 2.54. The zero-order chi connectivity index (χ0) is 17.5. The highest BCUT2D eigenvalue weighted by Crippen LogP contribution is 2.53. The summed E-state index contributed by atoms with van der Waals surface area (Å²) in [5.41, 5.74) is -0.0910. The first kappa shape index (κ1) is 16.9. The minimum Gasteiger partial charge on any atom is -0.458 e. The largest absolute Gasteiger partial charge is 0.458 e. The quantitative estimate of drug-likeness (QED) is 0.862. The first-order valence-corrected chi connectivity index (χ1v) is 8.20. The fraction of sp³-hybridized carbons (Fsp3) is 0.556. The van der Waals surface area contributed by atoms with Crippen LogP contribution in [0.15, 0.2) is 18.2 Å². The number of rotatable bonds is 3. The van der Waals surface area contributed by atoms with Gasteiger partial charge >= 0.3 is 5.97 Å². The first-order valence-electron chi connectivity index (χ1n) is 8.20. The number of ether oxygens (including phenoxy) is 2. The number of fused-ring (bicyclic) bond motifs is 1. The number of anilines is 1. The summed E-state index contributed by atoms with van der Waals surface area (Å²) < 4.78 is 25.4. The predicted octanol–water partition coefficient (Wildman–Crippen LogP) is 3.14. The predicted molar refractivity (Wildman–Crippen MR) is 86.2 cm³/mol. The van der Waals surface area contributed by atoms with Crippen LogP contribution in [0.4, 0.5) is 10.1 Å². The lowest BCUT2D eigenvalue weighted by atomic mass is 9.57. The van der Waals surface area contributed by atoms with Crippen molar-refractivity contribution in [1.82, 2.24) is 0 Å². The highest BCUT2D eigenvalue weighted by atomic mass is 19.1. The third-order valence-corrected chi connectivity index (χ3v) is 4.96. The number of esters is 1. The van der Waals surface area contributed by atoms with Gasteiger partial charge in [-0.05, 0) is 31.0 Å². The minimum atomic E-state index is -0.707. The van der Waals surface area contributed by atoms with Crippen LogP contribution in [-0.4, -0.2) is 30.7 Å². The average molecular weight is 335 g/mol. The molecule has 0 bridgehead atoms. The van der Waals surface area contributed by atoms with Crippen molar-refractivity contribution in [2.24, 2.45) is 11.3 Å². The van der Waals surface area contributed by atoms with E-state index in [1.165, 1.54) is 19.1 Å². The van der Waals surface area contributed by atoms with Gasteiger partial charge in [0.2, 0.25) is 5.91 Å². The number of carbonyl (C=O) groups is 2. The molecule has 5 nitrogen and oxygen atoms in total. The molecular weight excluding hydrogens is 313 g/mol. The summed E-state index contributed by atoms with van der Waals surface area (Å²) in [7, 11) is 0. The number of nitrogens with one attached hydrogen (secondary N) is 1. The molecular formula is C18H22FNO4. The number of hydrogen-bond donors (Lipinski definition) is 1. The van der Waals surface area contributed by atoms with E-state index in [4.69, 9.17) is 9.47 Å². The van der Waals surface area contributed by atoms with Crippen LogP contribution in [0.5, 0.6) is 0 Å². The zero-order valence-corrected chi connectivity index (χ0v) is 14.1. The molecule has 1 aromatic carbocycles. The van der Waals surface area contributed by atoms with E-state index in [1.54, 1.807) is 0 Å². The molecule has 2 fully saturated rings. The van der Waals surface area contributed by atoms with Gasteiger partial charge in [0.05, 0.1) is 11.7 Å². The van der Waals surface area contributed by atoms with Crippen LogP contribution in [-0.2, 0) is 14.3 Å². The molecule has 0 spiro atoms. The smallest absolute Gasteiger partial charge is 0.341 e. The number of carbonyl (C=O) groups excluding carboxylic acids is 2. The zero-order valence-electron chi connectivity index (χ0n) is 14.1. The molecule has 0 unspecified atom stereocenters. The van der Waals surface area contributed by atoms with E-state index in [2.05, 4.69) is 5.32 Å². The maximum Gasteiger partial charge on any atom is 0.341 e. The van der Waals surface area contributed by atoms with Gasteiger partial charge in [0, 0.05) is 30.6 Å². The van der Waals surface area contributed by atoms with E-state index >= 15 is 0 Å². The number of amides is 1. The highest BCUT2D eigenvalue weighted by molar-refractivity contribution is 5.94. The molecule has 1 amide bonds. The fourth-order valence-corrected chi connectivity index (χ4v) is 3.86. The summed E-state index contributed by atoms with van der Waals surface area (Å²) in [5.74, 6) is -1.49. The van der Waals surface area contributed by atoms with E-state index < -0.39 is 11.8 Å². The lowest BCUT2D eigenvalue weighted by Gasteiger charge is -2.58. The summed E-state index contributed by atoms with van der Waals surface area (Å²) in [6.07, 6.45) is 1.68. The Balaban J connectivity index is 1.76. The van der Waals surface area contributed by atoms with Crippen molar-refractivity contribution in [3.05, 3.63) is 29.6 Å². The monoisotopic (exact) mass is 335 g/mol. The topological polar surface area (TPSA) is 64.6 Å². The normalized spacial score (nSPS) is 27.6. The van der Waals surface area contributed by atoms with Gasteiger partial charge in [0.15, 0.2) is 0 Å². The Kier molecular flexibility index (Phi) is 4.34. The van der Waals surface area contributed by atoms with Crippen molar-refractivity contribution >= 4 is 17.6 Å². The molecule has 1 saturated heterocycles. The maximum atomic E-state index is 14.0. The Hall–Kier alpha value is -1.95. The van der Waals surface area contributed by atoms with Gasteiger partial charge in [-0.25, -0.2) is 9.18 Å². The Morgan fingerprint density at radius 1 is 1.38 bits per heavy atom. The van der Waals surface area contributed by atoms with Gasteiger partial charge in [0.1, 0.15) is 11.9 Å². The highest BCUT2D eigenvalue weighted by Gasteiger charge is 2.60. The second-order valence-electron chi connectivity index (χ2n) is 7.12. The number of benzene rings is 1. The van der Waals surface area contributed by atoms with Crippen molar-refractivity contribution in [1.29, 1.82) is 0 Å². The SMILES string of the molecule is CC(=O)Nc1ccc(F)c(C(=O)O[C@@H]2[C@@H]3CCCO[C@H]3C2(C)C)c1. The van der Waals surface area contributed by atoms with Gasteiger partial charge in [-0.1, -0.05) is 13.8 Å². The summed E-state index contributed by atoms with van der Waals surface area (Å²) in [6, 6.07) is 3.87. The Morgan fingerprint density at radius 3 is 2.83 bits per heavy atom. The van der Waals surface area contributed by atoms with Crippen LogP contribution in [0, 0.1) is 17.2 Å². The van der Waals surface area contributed by atoms with Crippen LogP contribution < -0.4 is 5.32 Å². The molecule has 1 heterocycles. The molecule has 6 heteroatoms. The van der Waals surface area contributed by atoms with Crippen LogP contribution >= 0.6 is 0 Å². The van der Waals surface area contributed by atoms with Crippen molar-refractivity contribution in [3.63, 3.8) is 0 Å². The molecule has 2 aliphatic rings. The number of halogens is 1. The molecule has 3 rings (SSSR count). The molecule has 130 valence electrons. The van der Waals surface area contributed by atoms with E-state index in [0.717, 1.165) is 25.5 Å². The molecule has 1 aliphatic heterocycles. The van der Waals surface area contributed by atoms with Gasteiger partial charge in [-0.2, -0.15) is 0 Å². The Morgan fingerprint density at radius 2 is 2.12 bits per heavy atom. The number of hydrogen-bond acceptors (Lipinski definition) is 4. The van der Waals surface area contributed by atoms with Gasteiger partial charge in [-0.3, -0.25) is 4.79 Å². The summed E-state index contributed by atoms with van der Waals surface area (Å²) >= 11 is 0. The fourth-order valence-electron chi connectivity index (χ4n) is 3.86. The van der Waals surface area contributed by atoms with Crippen molar-refractivity contribution in [2.45, 2.75) is 45.8 Å². The third kappa shape index (κ3) is 2.90. The second-order valence-corrected chi connectivity index (χ2v) is 7.12. The van der Waals surface area contributed by atoms with Crippen molar-refractivity contribution < 1.29 is 23.5 Å². The maximum absolute atomic E-state index is 14.0. The lowest BCUT2D eigenvalue weighted by Crippen LogP contribution is -2.65. The van der Waals surface area contributed by atoms with Crippen LogP contribution in [0.1, 0.15) is 44.0 Å². The summed E-state index contributed by atoms with van der Waals surface area (Å²) in [4.78, 5) is 23.6. The average Bonchev–Trinajstić information content (AvgIpc) is 2.53. The van der Waals surface area contributed by atoms with Gasteiger partial charge < -0.3 is 14.8 Å². The summed E-state index contributed by atoms with van der Waals surface area (Å²) in [6.45, 7) is 6.09. The molecule has 0 aromatic heterocycles. The molecule has 1 saturated carbocycles. The van der Waals surface area contributed by atoms with E-state index in [-0.39, 0.29) is 35.0 Å². The second kappa shape index (κ2) is 6.16. The van der Waals surface area contributed by atoms with E-state index in [0.29, 0.717) is 5.69 Å². The minimum absolute atomic E-state index is 0.0830. The Bertz CT molecular complexity index is 673. The standard InChI is InChI=1S/C18H22FNO4/c1-10(21)20-11-6-7-14(19)13(9-11)17(22)24-16-12-5-4-8-23-15(12)18(16,2)3/h6-7,9,12,15-16H,4-5,8H2,1-3H3,(H,20,21)/t12-,15-,16-/m1/s1. The van der Waals surface area contributed by atoms with Crippen LogP contribution in [0.25, 0.3) is 0 Å². The van der Waals surface area contributed by atoms with Crippen molar-refractivity contribution in [2.75, 3.05) is 11.9 Å². The molecule has 1 aromatic rings. The Labute approximate surface area is 140 Å². The molecule has 0 radical (unpaired) electrons. The van der Waals surface area contributed by atoms with Crippen LogP contribution in [0.2, 0.25) is 0 Å². The van der Waals surface area contributed by atoms with E-state index in [1.807, 2.05) is 13.8 Å². The molecule has 24 heavy (non-hydrogen) atoms. The molecule has 3 atom stereocenters. The third-order valence-electron chi connectivity index (χ3n) is 4.96. The lowest BCUT2D eigenvalue weighted by molar-refractivity contribution is -0.243. The van der Waals surface area contributed by atoms with E-state index in [9.17, 15) is 14.0 Å².